The fourth-order valence-corrected chi connectivity index (χ4v) is 2.53. The third kappa shape index (κ3) is 4.99. The second-order valence-electron chi connectivity index (χ2n) is 5.04. The number of rotatable bonds is 6. The molecule has 2 aromatic rings. The standard InChI is InChI=1S/C17H18BrNO2/c1-12(15-3-2-4-16(18)10-15)19-11-14-7-5-13(6-8-14)9-17(20)21/h2-8,10,12,19H,9,11H2,1H3,(H,20,21). The van der Waals surface area contributed by atoms with Gasteiger partial charge in [0.2, 0.25) is 0 Å². The van der Waals surface area contributed by atoms with Gasteiger partial charge in [0.05, 0.1) is 6.42 Å². The van der Waals surface area contributed by atoms with Gasteiger partial charge in [0.15, 0.2) is 0 Å². The normalized spacial score (nSPS) is 12.1. The number of carboxylic acids is 1. The molecule has 0 aliphatic rings. The van der Waals surface area contributed by atoms with Crippen LogP contribution >= 0.6 is 15.9 Å². The van der Waals surface area contributed by atoms with E-state index >= 15 is 0 Å². The lowest BCUT2D eigenvalue weighted by Crippen LogP contribution is -2.18. The molecule has 0 aromatic heterocycles. The van der Waals surface area contributed by atoms with Crippen molar-refractivity contribution in [2.75, 3.05) is 0 Å². The molecule has 110 valence electrons. The SMILES string of the molecule is CC(NCc1ccc(CC(=O)O)cc1)c1cccc(Br)c1. The molecule has 0 saturated carbocycles. The highest BCUT2D eigenvalue weighted by atomic mass is 79.9. The minimum Gasteiger partial charge on any atom is -0.481 e. The molecule has 0 radical (unpaired) electrons. The Morgan fingerprint density at radius 3 is 2.48 bits per heavy atom. The Hall–Kier alpha value is -1.65. The second-order valence-corrected chi connectivity index (χ2v) is 5.96. The van der Waals surface area contributed by atoms with Crippen LogP contribution in [0.5, 0.6) is 0 Å². The lowest BCUT2D eigenvalue weighted by molar-refractivity contribution is -0.136. The Kier molecular flexibility index (Phi) is 5.53. The molecule has 0 aliphatic carbocycles. The van der Waals surface area contributed by atoms with E-state index in [4.69, 9.17) is 5.11 Å². The lowest BCUT2D eigenvalue weighted by Gasteiger charge is -2.15. The van der Waals surface area contributed by atoms with E-state index in [-0.39, 0.29) is 12.5 Å². The quantitative estimate of drug-likeness (QED) is 0.832. The molecule has 0 aliphatic heterocycles. The summed E-state index contributed by atoms with van der Waals surface area (Å²) in [5.41, 5.74) is 3.20. The average molecular weight is 348 g/mol. The highest BCUT2D eigenvalue weighted by Crippen LogP contribution is 2.18. The van der Waals surface area contributed by atoms with Crippen molar-refractivity contribution in [2.45, 2.75) is 25.9 Å². The van der Waals surface area contributed by atoms with Crippen LogP contribution in [0.4, 0.5) is 0 Å². The van der Waals surface area contributed by atoms with Crippen molar-refractivity contribution in [1.82, 2.24) is 5.32 Å². The first-order valence-corrected chi connectivity index (χ1v) is 7.62. The van der Waals surface area contributed by atoms with E-state index in [0.29, 0.717) is 0 Å². The molecule has 0 heterocycles. The topological polar surface area (TPSA) is 49.3 Å². The summed E-state index contributed by atoms with van der Waals surface area (Å²) >= 11 is 3.48. The molecule has 0 saturated heterocycles. The summed E-state index contributed by atoms with van der Waals surface area (Å²) in [5.74, 6) is -0.802. The number of benzene rings is 2. The fraction of sp³-hybridized carbons (Fsp3) is 0.235. The summed E-state index contributed by atoms with van der Waals surface area (Å²) in [6, 6.07) is 16.2. The molecule has 2 N–H and O–H groups in total. The molecule has 2 rings (SSSR count). The number of hydrogen-bond donors (Lipinski definition) is 2. The molecule has 3 nitrogen and oxygen atoms in total. The molecule has 0 fully saturated rings. The predicted octanol–water partition coefficient (Wildman–Crippen LogP) is 3.93. The van der Waals surface area contributed by atoms with E-state index in [0.717, 1.165) is 22.1 Å². The van der Waals surface area contributed by atoms with Crippen molar-refractivity contribution < 1.29 is 9.90 Å². The Morgan fingerprint density at radius 2 is 1.86 bits per heavy atom. The summed E-state index contributed by atoms with van der Waals surface area (Å²) in [5, 5.41) is 12.2. The molecule has 1 unspecified atom stereocenters. The fourth-order valence-electron chi connectivity index (χ4n) is 2.11. The first-order valence-electron chi connectivity index (χ1n) is 6.83. The van der Waals surface area contributed by atoms with Crippen LogP contribution in [0.15, 0.2) is 53.0 Å². The van der Waals surface area contributed by atoms with Gasteiger partial charge >= 0.3 is 5.97 Å². The zero-order valence-corrected chi connectivity index (χ0v) is 13.4. The van der Waals surface area contributed by atoms with Crippen LogP contribution < -0.4 is 5.32 Å². The summed E-state index contributed by atoms with van der Waals surface area (Å²) in [6.45, 7) is 2.88. The Bertz CT molecular complexity index is 610. The van der Waals surface area contributed by atoms with E-state index in [1.165, 1.54) is 5.56 Å². The van der Waals surface area contributed by atoms with Crippen LogP contribution in [-0.2, 0) is 17.8 Å². The highest BCUT2D eigenvalue weighted by molar-refractivity contribution is 9.10. The smallest absolute Gasteiger partial charge is 0.307 e. The van der Waals surface area contributed by atoms with Crippen LogP contribution in [0.25, 0.3) is 0 Å². The average Bonchev–Trinajstić information content (AvgIpc) is 2.45. The maximum atomic E-state index is 10.6. The summed E-state index contributed by atoms with van der Waals surface area (Å²) in [7, 11) is 0. The summed E-state index contributed by atoms with van der Waals surface area (Å²) in [6.07, 6.45) is 0.0716. The third-order valence-electron chi connectivity index (χ3n) is 3.34. The van der Waals surface area contributed by atoms with Gasteiger partial charge in [-0.15, -0.1) is 0 Å². The van der Waals surface area contributed by atoms with E-state index < -0.39 is 5.97 Å². The second kappa shape index (κ2) is 7.38. The molecule has 1 atom stereocenters. The number of aliphatic carboxylic acids is 1. The van der Waals surface area contributed by atoms with Crippen LogP contribution in [0.2, 0.25) is 0 Å². The molecule has 4 heteroatoms. The van der Waals surface area contributed by atoms with Gasteiger partial charge in [-0.2, -0.15) is 0 Å². The van der Waals surface area contributed by atoms with Crippen molar-refractivity contribution in [1.29, 1.82) is 0 Å². The third-order valence-corrected chi connectivity index (χ3v) is 3.83. The van der Waals surface area contributed by atoms with Crippen molar-refractivity contribution in [3.8, 4) is 0 Å². The van der Waals surface area contributed by atoms with Crippen molar-refractivity contribution >= 4 is 21.9 Å². The maximum absolute atomic E-state index is 10.6. The van der Waals surface area contributed by atoms with Gasteiger partial charge in [0, 0.05) is 17.1 Å². The number of nitrogens with one attached hydrogen (secondary N) is 1. The van der Waals surface area contributed by atoms with E-state index in [2.05, 4.69) is 40.3 Å². The van der Waals surface area contributed by atoms with Gasteiger partial charge in [-0.05, 0) is 35.7 Å². The van der Waals surface area contributed by atoms with E-state index in [1.807, 2.05) is 36.4 Å². The molecule has 2 aromatic carbocycles. The monoisotopic (exact) mass is 347 g/mol. The molecule has 0 bridgehead atoms. The molecule has 0 spiro atoms. The van der Waals surface area contributed by atoms with Crippen LogP contribution in [-0.4, -0.2) is 11.1 Å². The molecular formula is C17H18BrNO2. The minimum atomic E-state index is -0.802. The van der Waals surface area contributed by atoms with E-state index in [9.17, 15) is 4.79 Å². The van der Waals surface area contributed by atoms with Crippen molar-refractivity contribution in [3.63, 3.8) is 0 Å². The summed E-state index contributed by atoms with van der Waals surface area (Å²) in [4.78, 5) is 10.6. The van der Waals surface area contributed by atoms with Gasteiger partial charge in [0.25, 0.3) is 0 Å². The highest BCUT2D eigenvalue weighted by Gasteiger charge is 2.05. The van der Waals surface area contributed by atoms with Crippen molar-refractivity contribution in [3.05, 3.63) is 69.7 Å². The van der Waals surface area contributed by atoms with Crippen LogP contribution in [0, 0.1) is 0 Å². The minimum absolute atomic E-state index is 0.0716. The zero-order chi connectivity index (χ0) is 15.2. The number of carbonyl (C=O) groups is 1. The first kappa shape index (κ1) is 15.7. The molecular weight excluding hydrogens is 330 g/mol. The Balaban J connectivity index is 1.92. The van der Waals surface area contributed by atoms with Gasteiger partial charge in [-0.1, -0.05) is 52.3 Å². The van der Waals surface area contributed by atoms with Crippen LogP contribution in [0.3, 0.4) is 0 Å². The number of carboxylic acid groups (broad SMARTS) is 1. The van der Waals surface area contributed by atoms with Gasteiger partial charge in [-0.25, -0.2) is 0 Å². The molecule has 0 amide bonds. The molecule has 21 heavy (non-hydrogen) atoms. The summed E-state index contributed by atoms with van der Waals surface area (Å²) < 4.78 is 1.08. The Morgan fingerprint density at radius 1 is 1.19 bits per heavy atom. The number of halogens is 1. The van der Waals surface area contributed by atoms with Crippen LogP contribution in [0.1, 0.15) is 29.7 Å². The van der Waals surface area contributed by atoms with Gasteiger partial charge in [0.1, 0.15) is 0 Å². The van der Waals surface area contributed by atoms with Crippen molar-refractivity contribution in [2.24, 2.45) is 0 Å². The predicted molar refractivity (Wildman–Crippen MR) is 87.2 cm³/mol. The number of hydrogen-bond acceptors (Lipinski definition) is 2. The Labute approximate surface area is 133 Å². The lowest BCUT2D eigenvalue weighted by atomic mass is 10.1. The maximum Gasteiger partial charge on any atom is 0.307 e. The zero-order valence-electron chi connectivity index (χ0n) is 11.8. The van der Waals surface area contributed by atoms with Gasteiger partial charge in [-0.3, -0.25) is 4.79 Å². The largest absolute Gasteiger partial charge is 0.481 e. The van der Waals surface area contributed by atoms with Gasteiger partial charge < -0.3 is 10.4 Å². The van der Waals surface area contributed by atoms with E-state index in [1.54, 1.807) is 0 Å². The first-order chi connectivity index (χ1) is 10.0.